The molecule has 9 nitrogen and oxygen atoms in total. The lowest BCUT2D eigenvalue weighted by Gasteiger charge is -2.24. The highest BCUT2D eigenvalue weighted by Gasteiger charge is 2.22. The molecule has 1 aromatic heterocycles. The molecule has 0 atom stereocenters. The number of nitrogens with zero attached hydrogens (tertiary/aromatic N) is 3. The number of hydrogen-bond donors (Lipinski definition) is 2. The first-order valence-corrected chi connectivity index (χ1v) is 9.87. The average molecular weight is 417 g/mol. The summed E-state index contributed by atoms with van der Waals surface area (Å²) in [6.45, 7) is 0.762. The number of ether oxygens (including phenoxy) is 2. The molecule has 0 fully saturated rings. The van der Waals surface area contributed by atoms with Gasteiger partial charge in [-0.15, -0.1) is 0 Å². The van der Waals surface area contributed by atoms with Crippen LogP contribution >= 0.6 is 0 Å². The Morgan fingerprint density at radius 1 is 1.06 bits per heavy atom. The summed E-state index contributed by atoms with van der Waals surface area (Å²) in [6.07, 6.45) is 4.55. The maximum Gasteiger partial charge on any atom is 0.275 e. The van der Waals surface area contributed by atoms with Crippen LogP contribution in [0.2, 0.25) is 0 Å². The lowest BCUT2D eigenvalue weighted by molar-refractivity contribution is 0.0751. The van der Waals surface area contributed by atoms with Crippen molar-refractivity contribution in [1.29, 1.82) is 0 Å². The van der Waals surface area contributed by atoms with Crippen molar-refractivity contribution >= 4 is 23.2 Å². The lowest BCUT2D eigenvalue weighted by atomic mass is 10.0. The summed E-state index contributed by atoms with van der Waals surface area (Å²) in [5.74, 6) is 0.890. The molecule has 156 valence electrons. The molecule has 5 rings (SSSR count). The molecule has 2 aromatic carbocycles. The van der Waals surface area contributed by atoms with Gasteiger partial charge in [0.2, 0.25) is 6.79 Å². The van der Waals surface area contributed by atoms with E-state index in [1.54, 1.807) is 24.3 Å². The minimum absolute atomic E-state index is 0.192. The van der Waals surface area contributed by atoms with Gasteiger partial charge in [0, 0.05) is 29.6 Å². The molecule has 0 aliphatic carbocycles. The number of aromatic nitrogens is 2. The number of imidazole rings is 1. The molecule has 0 spiro atoms. The van der Waals surface area contributed by atoms with Crippen molar-refractivity contribution in [2.75, 3.05) is 18.7 Å². The van der Waals surface area contributed by atoms with Crippen molar-refractivity contribution in [3.05, 3.63) is 71.8 Å². The summed E-state index contributed by atoms with van der Waals surface area (Å²) in [5, 5.41) is 8.81. The Morgan fingerprint density at radius 3 is 2.71 bits per heavy atom. The van der Waals surface area contributed by atoms with Gasteiger partial charge in [-0.2, -0.15) is 5.10 Å². The highest BCUT2D eigenvalue weighted by molar-refractivity contribution is 6.04. The molecule has 0 saturated carbocycles. The van der Waals surface area contributed by atoms with E-state index in [9.17, 15) is 9.59 Å². The quantitative estimate of drug-likeness (QED) is 0.678. The Kier molecular flexibility index (Phi) is 4.83. The third-order valence-electron chi connectivity index (χ3n) is 5.09. The largest absolute Gasteiger partial charge is 0.454 e. The summed E-state index contributed by atoms with van der Waals surface area (Å²) < 4.78 is 10.8. The minimum atomic E-state index is -0.325. The SMILES string of the molecule is O=C(Nc1ccc(C(=O)N2CCCC(c3ccc4c(c3)OCO4)=N2)cc1)c1c[nH]cn1. The molecule has 2 amide bonds. The monoisotopic (exact) mass is 417 g/mol. The number of carbonyl (C=O) groups excluding carboxylic acids is 2. The van der Waals surface area contributed by atoms with Gasteiger partial charge in [0.25, 0.3) is 11.8 Å². The molecule has 2 N–H and O–H groups in total. The van der Waals surface area contributed by atoms with E-state index in [1.807, 2.05) is 18.2 Å². The van der Waals surface area contributed by atoms with Crippen molar-refractivity contribution in [3.63, 3.8) is 0 Å². The number of hydrogen-bond acceptors (Lipinski definition) is 6. The van der Waals surface area contributed by atoms with E-state index in [1.165, 1.54) is 17.5 Å². The van der Waals surface area contributed by atoms with Gasteiger partial charge in [-0.25, -0.2) is 9.99 Å². The van der Waals surface area contributed by atoms with Crippen LogP contribution in [0, 0.1) is 0 Å². The number of rotatable bonds is 4. The van der Waals surface area contributed by atoms with E-state index in [0.29, 0.717) is 35.0 Å². The number of H-pyrrole nitrogens is 1. The first-order chi connectivity index (χ1) is 15.2. The van der Waals surface area contributed by atoms with Crippen LogP contribution in [0.15, 0.2) is 60.1 Å². The molecular weight excluding hydrogens is 398 g/mol. The van der Waals surface area contributed by atoms with E-state index >= 15 is 0 Å². The Morgan fingerprint density at radius 2 is 1.90 bits per heavy atom. The fourth-order valence-electron chi connectivity index (χ4n) is 3.49. The number of hydrazone groups is 1. The lowest BCUT2D eigenvalue weighted by Crippen LogP contribution is -2.32. The van der Waals surface area contributed by atoms with Crippen molar-refractivity contribution in [2.45, 2.75) is 12.8 Å². The molecule has 2 aliphatic heterocycles. The van der Waals surface area contributed by atoms with Gasteiger partial charge in [0.05, 0.1) is 12.0 Å². The van der Waals surface area contributed by atoms with E-state index < -0.39 is 0 Å². The summed E-state index contributed by atoms with van der Waals surface area (Å²) >= 11 is 0. The van der Waals surface area contributed by atoms with Gasteiger partial charge < -0.3 is 19.8 Å². The van der Waals surface area contributed by atoms with Crippen molar-refractivity contribution in [2.24, 2.45) is 5.10 Å². The predicted molar refractivity (Wildman–Crippen MR) is 112 cm³/mol. The summed E-state index contributed by atoms with van der Waals surface area (Å²) in [6, 6.07) is 12.4. The maximum absolute atomic E-state index is 13.0. The first-order valence-electron chi connectivity index (χ1n) is 9.87. The zero-order chi connectivity index (χ0) is 21.2. The normalized spacial score (nSPS) is 14.8. The van der Waals surface area contributed by atoms with Crippen LogP contribution in [-0.4, -0.2) is 45.8 Å². The Bertz CT molecular complexity index is 1160. The van der Waals surface area contributed by atoms with Gasteiger partial charge in [-0.3, -0.25) is 9.59 Å². The number of fused-ring (bicyclic) bond motifs is 1. The highest BCUT2D eigenvalue weighted by Crippen LogP contribution is 2.33. The fourth-order valence-corrected chi connectivity index (χ4v) is 3.49. The van der Waals surface area contributed by atoms with Gasteiger partial charge >= 0.3 is 0 Å². The van der Waals surface area contributed by atoms with Crippen LogP contribution < -0.4 is 14.8 Å². The second kappa shape index (κ2) is 7.94. The number of carbonyl (C=O) groups is 2. The molecule has 0 radical (unpaired) electrons. The molecule has 0 bridgehead atoms. The molecule has 0 unspecified atom stereocenters. The zero-order valence-electron chi connectivity index (χ0n) is 16.5. The van der Waals surface area contributed by atoms with Gasteiger partial charge in [0.1, 0.15) is 5.69 Å². The standard InChI is InChI=1S/C22H19N5O4/c28-21(18-11-23-12-24-18)25-16-6-3-14(4-7-16)22(29)27-9-1-2-17(26-27)15-5-8-19-20(10-15)31-13-30-19/h3-8,10-12H,1-2,9,13H2,(H,23,24)(H,25,28). The van der Waals surface area contributed by atoms with Crippen molar-refractivity contribution in [1.82, 2.24) is 15.0 Å². The van der Waals surface area contributed by atoms with Crippen molar-refractivity contribution in [3.8, 4) is 11.5 Å². The zero-order valence-corrected chi connectivity index (χ0v) is 16.5. The first kappa shape index (κ1) is 18.9. The highest BCUT2D eigenvalue weighted by atomic mass is 16.7. The van der Waals surface area contributed by atoms with E-state index in [0.717, 1.165) is 24.1 Å². The molecule has 2 aliphatic rings. The fraction of sp³-hybridized carbons (Fsp3) is 0.182. The van der Waals surface area contributed by atoms with E-state index in [2.05, 4.69) is 20.4 Å². The summed E-state index contributed by atoms with van der Waals surface area (Å²) in [4.78, 5) is 31.7. The Balaban J connectivity index is 1.30. The molecule has 3 aromatic rings. The van der Waals surface area contributed by atoms with Gasteiger partial charge in [0.15, 0.2) is 11.5 Å². The van der Waals surface area contributed by atoms with Gasteiger partial charge in [-0.05, 0) is 55.3 Å². The van der Waals surface area contributed by atoms with Crippen LogP contribution in [0.25, 0.3) is 0 Å². The number of nitrogens with one attached hydrogen (secondary N) is 2. The van der Waals surface area contributed by atoms with Crippen LogP contribution in [0.5, 0.6) is 11.5 Å². The third-order valence-corrected chi connectivity index (χ3v) is 5.09. The van der Waals surface area contributed by atoms with Crippen LogP contribution in [0.4, 0.5) is 5.69 Å². The second-order valence-corrected chi connectivity index (χ2v) is 7.13. The topological polar surface area (TPSA) is 109 Å². The Labute approximate surface area is 177 Å². The predicted octanol–water partition coefficient (Wildman–Crippen LogP) is 3.03. The summed E-state index contributed by atoms with van der Waals surface area (Å²) in [5.41, 5.74) is 3.11. The minimum Gasteiger partial charge on any atom is -0.454 e. The van der Waals surface area contributed by atoms with Crippen LogP contribution in [0.3, 0.4) is 0 Å². The van der Waals surface area contributed by atoms with Crippen molar-refractivity contribution < 1.29 is 19.1 Å². The van der Waals surface area contributed by atoms with Crippen LogP contribution in [-0.2, 0) is 0 Å². The maximum atomic E-state index is 13.0. The summed E-state index contributed by atoms with van der Waals surface area (Å²) in [7, 11) is 0. The molecule has 9 heteroatoms. The number of amides is 2. The van der Waals surface area contributed by atoms with E-state index in [-0.39, 0.29) is 18.6 Å². The average Bonchev–Trinajstić information content (AvgIpc) is 3.51. The second-order valence-electron chi connectivity index (χ2n) is 7.13. The molecular formula is C22H19N5O4. The third kappa shape index (κ3) is 3.85. The Hall–Kier alpha value is -4.14. The van der Waals surface area contributed by atoms with Crippen LogP contribution in [0.1, 0.15) is 39.3 Å². The molecule has 3 heterocycles. The number of aromatic amines is 1. The molecule has 0 saturated heterocycles. The molecule has 31 heavy (non-hydrogen) atoms. The van der Waals surface area contributed by atoms with E-state index in [4.69, 9.17) is 9.47 Å². The number of anilines is 1. The smallest absolute Gasteiger partial charge is 0.275 e. The number of benzene rings is 2. The van der Waals surface area contributed by atoms with Gasteiger partial charge in [-0.1, -0.05) is 0 Å².